The molecule has 1 unspecified atom stereocenters. The van der Waals surface area contributed by atoms with Gasteiger partial charge in [-0.1, -0.05) is 25.7 Å². The molecule has 0 aromatic heterocycles. The van der Waals surface area contributed by atoms with Gasteiger partial charge in [0.25, 0.3) is 0 Å². The summed E-state index contributed by atoms with van der Waals surface area (Å²) in [5, 5.41) is 3.21. The van der Waals surface area contributed by atoms with Crippen molar-refractivity contribution in [2.45, 2.75) is 63.8 Å². The van der Waals surface area contributed by atoms with Gasteiger partial charge >= 0.3 is 0 Å². The summed E-state index contributed by atoms with van der Waals surface area (Å²) in [4.78, 5) is 11.4. The number of nitrogens with one attached hydrogen (secondary N) is 1. The van der Waals surface area contributed by atoms with Gasteiger partial charge < -0.3 is 5.32 Å². The second-order valence-electron chi connectivity index (χ2n) is 4.82. The molecule has 1 aliphatic heterocycles. The van der Waals surface area contributed by atoms with Crippen LogP contribution in [0.25, 0.3) is 0 Å². The van der Waals surface area contributed by atoms with Crippen LogP contribution in [0, 0.1) is 5.92 Å². The highest BCUT2D eigenvalue weighted by atomic mass is 16.1. The molecule has 80 valence electrons. The molecule has 1 heterocycles. The Kier molecular flexibility index (Phi) is 3.44. The lowest BCUT2D eigenvalue weighted by molar-refractivity contribution is -0.121. The first kappa shape index (κ1) is 10.0. The molecular weight excluding hydrogens is 174 g/mol. The molecule has 2 heteroatoms. The van der Waals surface area contributed by atoms with Crippen LogP contribution >= 0.6 is 0 Å². The van der Waals surface area contributed by atoms with Crippen LogP contribution in [0.5, 0.6) is 0 Å². The summed E-state index contributed by atoms with van der Waals surface area (Å²) in [6, 6.07) is 0.505. The Bertz CT molecular complexity index is 196. The van der Waals surface area contributed by atoms with Gasteiger partial charge in [0.15, 0.2) is 0 Å². The van der Waals surface area contributed by atoms with E-state index in [4.69, 9.17) is 0 Å². The third-order valence-corrected chi connectivity index (χ3v) is 3.73. The van der Waals surface area contributed by atoms with Crippen molar-refractivity contribution in [3.8, 4) is 0 Å². The average molecular weight is 195 g/mol. The van der Waals surface area contributed by atoms with E-state index in [0.29, 0.717) is 6.04 Å². The molecule has 1 amide bonds. The second-order valence-corrected chi connectivity index (χ2v) is 4.82. The summed E-state index contributed by atoms with van der Waals surface area (Å²) in [6.07, 6.45) is 11.1. The number of hydrogen-bond acceptors (Lipinski definition) is 1. The van der Waals surface area contributed by atoms with Gasteiger partial charge in [-0.25, -0.2) is 0 Å². The first-order chi connectivity index (χ1) is 6.86. The number of amides is 1. The molecule has 2 fully saturated rings. The van der Waals surface area contributed by atoms with Gasteiger partial charge in [0.05, 0.1) is 0 Å². The van der Waals surface area contributed by atoms with Crippen LogP contribution in [0.4, 0.5) is 0 Å². The number of carbonyl (C=O) groups is 1. The van der Waals surface area contributed by atoms with E-state index in [2.05, 4.69) is 5.32 Å². The van der Waals surface area contributed by atoms with Crippen molar-refractivity contribution >= 4 is 5.91 Å². The summed E-state index contributed by atoms with van der Waals surface area (Å²) in [5.74, 6) is 1.07. The summed E-state index contributed by atoms with van der Waals surface area (Å²) in [5.41, 5.74) is 0. The van der Waals surface area contributed by atoms with Crippen LogP contribution in [0.2, 0.25) is 0 Å². The molecular formula is C12H21NO. The Hall–Kier alpha value is -0.530. The minimum Gasteiger partial charge on any atom is -0.353 e. The zero-order valence-electron chi connectivity index (χ0n) is 8.93. The molecule has 1 atom stereocenters. The maximum Gasteiger partial charge on any atom is 0.220 e. The van der Waals surface area contributed by atoms with E-state index in [9.17, 15) is 4.79 Å². The van der Waals surface area contributed by atoms with E-state index in [1.807, 2.05) is 0 Å². The van der Waals surface area contributed by atoms with E-state index < -0.39 is 0 Å². The van der Waals surface area contributed by atoms with Gasteiger partial charge in [-0.15, -0.1) is 0 Å². The molecule has 0 bridgehead atoms. The van der Waals surface area contributed by atoms with Crippen LogP contribution in [0.15, 0.2) is 0 Å². The third-order valence-electron chi connectivity index (χ3n) is 3.73. The lowest BCUT2D eigenvalue weighted by Gasteiger charge is -2.29. The molecule has 2 rings (SSSR count). The topological polar surface area (TPSA) is 29.1 Å². The highest BCUT2D eigenvalue weighted by Crippen LogP contribution is 2.29. The van der Waals surface area contributed by atoms with Gasteiger partial charge in [0.1, 0.15) is 0 Å². The summed E-state index contributed by atoms with van der Waals surface area (Å²) in [7, 11) is 0. The second kappa shape index (κ2) is 4.81. The van der Waals surface area contributed by atoms with E-state index in [0.717, 1.165) is 18.8 Å². The fourth-order valence-corrected chi connectivity index (χ4v) is 2.89. The smallest absolute Gasteiger partial charge is 0.220 e. The van der Waals surface area contributed by atoms with Gasteiger partial charge in [-0.3, -0.25) is 4.79 Å². The minimum absolute atomic E-state index is 0.290. The molecule has 2 nitrogen and oxygen atoms in total. The largest absolute Gasteiger partial charge is 0.353 e. The molecule has 2 aliphatic rings. The van der Waals surface area contributed by atoms with Crippen molar-refractivity contribution in [2.24, 2.45) is 5.92 Å². The lowest BCUT2D eigenvalue weighted by atomic mass is 9.82. The molecule has 1 aliphatic carbocycles. The third kappa shape index (κ3) is 2.49. The molecule has 1 saturated carbocycles. The van der Waals surface area contributed by atoms with Crippen molar-refractivity contribution < 1.29 is 4.79 Å². The first-order valence-electron chi connectivity index (χ1n) is 6.15. The predicted molar refractivity (Wildman–Crippen MR) is 57.0 cm³/mol. The Morgan fingerprint density at radius 2 is 1.64 bits per heavy atom. The van der Waals surface area contributed by atoms with Crippen LogP contribution in [0.3, 0.4) is 0 Å². The molecule has 1 saturated heterocycles. The summed E-state index contributed by atoms with van der Waals surface area (Å²) < 4.78 is 0. The van der Waals surface area contributed by atoms with Crippen LogP contribution in [-0.4, -0.2) is 11.9 Å². The van der Waals surface area contributed by atoms with Crippen molar-refractivity contribution in [1.82, 2.24) is 5.32 Å². The molecule has 14 heavy (non-hydrogen) atoms. The highest BCUT2D eigenvalue weighted by molar-refractivity contribution is 5.76. The molecule has 0 aromatic rings. The van der Waals surface area contributed by atoms with Crippen molar-refractivity contribution in [3.05, 3.63) is 0 Å². The predicted octanol–water partition coefficient (Wildman–Crippen LogP) is 2.63. The van der Waals surface area contributed by atoms with Crippen molar-refractivity contribution in [2.75, 3.05) is 0 Å². The van der Waals surface area contributed by atoms with Crippen molar-refractivity contribution in [3.63, 3.8) is 0 Å². The highest BCUT2D eigenvalue weighted by Gasteiger charge is 2.26. The number of carbonyl (C=O) groups excluding carboxylic acids is 1. The van der Waals surface area contributed by atoms with Gasteiger partial charge in [-0.05, 0) is 31.6 Å². The number of hydrogen-bond donors (Lipinski definition) is 1. The fourth-order valence-electron chi connectivity index (χ4n) is 2.89. The maximum absolute atomic E-state index is 11.4. The maximum atomic E-state index is 11.4. The van der Waals surface area contributed by atoms with Crippen LogP contribution < -0.4 is 5.32 Å². The van der Waals surface area contributed by atoms with Gasteiger partial charge in [0.2, 0.25) is 5.91 Å². The standard InChI is InChI=1S/C12H21NO/c14-12-9-5-4-8-11(13-12)10-6-2-1-3-7-10/h10-11H,1-9H2,(H,13,14). The molecule has 1 N–H and O–H groups in total. The van der Waals surface area contributed by atoms with E-state index in [1.54, 1.807) is 0 Å². The molecule has 0 spiro atoms. The monoisotopic (exact) mass is 195 g/mol. The number of rotatable bonds is 1. The van der Waals surface area contributed by atoms with Crippen LogP contribution in [0.1, 0.15) is 57.8 Å². The average Bonchev–Trinajstić information content (AvgIpc) is 2.44. The van der Waals surface area contributed by atoms with Gasteiger partial charge in [-0.2, -0.15) is 0 Å². The van der Waals surface area contributed by atoms with Crippen molar-refractivity contribution in [1.29, 1.82) is 0 Å². The Labute approximate surface area is 86.5 Å². The Balaban J connectivity index is 1.90. The first-order valence-corrected chi connectivity index (χ1v) is 6.15. The Morgan fingerprint density at radius 1 is 0.929 bits per heavy atom. The summed E-state index contributed by atoms with van der Waals surface area (Å²) >= 11 is 0. The zero-order chi connectivity index (χ0) is 9.80. The summed E-state index contributed by atoms with van der Waals surface area (Å²) in [6.45, 7) is 0. The molecule has 0 radical (unpaired) electrons. The van der Waals surface area contributed by atoms with Gasteiger partial charge in [0, 0.05) is 12.5 Å². The lowest BCUT2D eigenvalue weighted by Crippen LogP contribution is -2.39. The fraction of sp³-hybridized carbons (Fsp3) is 0.917. The minimum atomic E-state index is 0.290. The van der Waals surface area contributed by atoms with E-state index in [1.165, 1.54) is 44.9 Å². The molecule has 0 aromatic carbocycles. The normalized spacial score (nSPS) is 30.9. The zero-order valence-corrected chi connectivity index (χ0v) is 8.93. The van der Waals surface area contributed by atoms with Crippen LogP contribution in [-0.2, 0) is 4.79 Å². The quantitative estimate of drug-likeness (QED) is 0.684. The SMILES string of the molecule is O=C1CCCCC(C2CCCCC2)N1. The Morgan fingerprint density at radius 3 is 2.43 bits per heavy atom. The van der Waals surface area contributed by atoms with E-state index in [-0.39, 0.29) is 5.91 Å². The van der Waals surface area contributed by atoms with E-state index >= 15 is 0 Å².